The van der Waals surface area contributed by atoms with E-state index in [-0.39, 0.29) is 35.1 Å². The van der Waals surface area contributed by atoms with Gasteiger partial charge in [0.2, 0.25) is 0 Å². The molecule has 1 rings (SSSR count). The molecule has 0 atom stereocenters. The summed E-state index contributed by atoms with van der Waals surface area (Å²) in [7, 11) is 0. The molecule has 7 nitrogen and oxygen atoms in total. The van der Waals surface area contributed by atoms with E-state index in [1.54, 1.807) is 0 Å². The van der Waals surface area contributed by atoms with Crippen LogP contribution in [-0.2, 0) is 0 Å². The van der Waals surface area contributed by atoms with Crippen LogP contribution < -0.4 is 0 Å². The van der Waals surface area contributed by atoms with E-state index in [0.717, 1.165) is 18.2 Å². The zero-order valence-corrected chi connectivity index (χ0v) is 7.21. The van der Waals surface area contributed by atoms with Crippen LogP contribution in [0.25, 0.3) is 0 Å². The summed E-state index contributed by atoms with van der Waals surface area (Å²) < 4.78 is 0. The Hall–Kier alpha value is -1.44. The van der Waals surface area contributed by atoms with Crippen molar-refractivity contribution >= 4 is 47.2 Å². The molecule has 1 aromatic carbocycles. The summed E-state index contributed by atoms with van der Waals surface area (Å²) in [5, 5.41) is 27.6. The van der Waals surface area contributed by atoms with Crippen molar-refractivity contribution in [1.82, 2.24) is 0 Å². The summed E-state index contributed by atoms with van der Waals surface area (Å²) in [5.41, 5.74) is -1.58. The van der Waals surface area contributed by atoms with Gasteiger partial charge in [-0.25, -0.2) is 9.59 Å². The van der Waals surface area contributed by atoms with Gasteiger partial charge in [0.25, 0.3) is 5.69 Å². The van der Waals surface area contributed by atoms with Gasteiger partial charge in [0.1, 0.15) is 5.56 Å². The number of carbonyl (C=O) groups is 2. The number of nitro benzene ring substituents is 1. The van der Waals surface area contributed by atoms with Crippen LogP contribution in [0.1, 0.15) is 20.7 Å². The fraction of sp³-hybridized carbons (Fsp3) is 0. The SMILES string of the molecule is O=C(O)c1ccc([N+](=O)[O-])c(C(=O)O)c1.[NaH]. The van der Waals surface area contributed by atoms with Crippen molar-refractivity contribution in [3.8, 4) is 0 Å². The monoisotopic (exact) mass is 235 g/mol. The Bertz CT molecular complexity index is 458. The average molecular weight is 235 g/mol. The first-order chi connectivity index (χ1) is 6.93. The van der Waals surface area contributed by atoms with Crippen molar-refractivity contribution < 1.29 is 24.7 Å². The molecule has 0 bridgehead atoms. The van der Waals surface area contributed by atoms with Gasteiger partial charge in [-0.05, 0) is 12.1 Å². The van der Waals surface area contributed by atoms with Crippen LogP contribution in [0, 0.1) is 10.1 Å². The zero-order chi connectivity index (χ0) is 11.6. The predicted molar refractivity (Wildman–Crippen MR) is 54.2 cm³/mol. The van der Waals surface area contributed by atoms with Gasteiger partial charge in [0.15, 0.2) is 0 Å². The molecule has 0 saturated carbocycles. The topological polar surface area (TPSA) is 118 Å². The van der Waals surface area contributed by atoms with Gasteiger partial charge < -0.3 is 10.2 Å². The number of aromatic carboxylic acids is 2. The quantitative estimate of drug-likeness (QED) is 0.443. The maximum atomic E-state index is 10.6. The fourth-order valence-corrected chi connectivity index (χ4v) is 1.000. The Morgan fingerprint density at radius 1 is 1.19 bits per heavy atom. The number of nitrogens with zero attached hydrogens (tertiary/aromatic N) is 1. The normalized spacial score (nSPS) is 9.00. The Morgan fingerprint density at radius 2 is 1.75 bits per heavy atom. The molecule has 0 aromatic heterocycles. The average Bonchev–Trinajstić information content (AvgIpc) is 2.16. The van der Waals surface area contributed by atoms with Crippen molar-refractivity contribution in [1.29, 1.82) is 0 Å². The van der Waals surface area contributed by atoms with Crippen molar-refractivity contribution in [2.75, 3.05) is 0 Å². The summed E-state index contributed by atoms with van der Waals surface area (Å²) >= 11 is 0. The first-order valence-corrected chi connectivity index (χ1v) is 3.68. The summed E-state index contributed by atoms with van der Waals surface area (Å²) in [5.74, 6) is -2.88. The minimum absolute atomic E-state index is 0. The molecule has 0 saturated heterocycles. The minimum atomic E-state index is -1.54. The van der Waals surface area contributed by atoms with Gasteiger partial charge in [-0.1, -0.05) is 0 Å². The summed E-state index contributed by atoms with van der Waals surface area (Å²) in [6, 6.07) is 2.59. The molecule has 0 amide bonds. The molecule has 2 N–H and O–H groups in total. The van der Waals surface area contributed by atoms with Crippen LogP contribution in [-0.4, -0.2) is 56.6 Å². The molecule has 0 radical (unpaired) electrons. The predicted octanol–water partition coefficient (Wildman–Crippen LogP) is 0.343. The van der Waals surface area contributed by atoms with Crippen LogP contribution in [0.5, 0.6) is 0 Å². The third-order valence-electron chi connectivity index (χ3n) is 1.67. The number of hydrogen-bond donors (Lipinski definition) is 2. The molecule has 16 heavy (non-hydrogen) atoms. The number of carboxylic acid groups (broad SMARTS) is 2. The van der Waals surface area contributed by atoms with Gasteiger partial charge in [0.05, 0.1) is 10.5 Å². The molecule has 80 valence electrons. The third-order valence-corrected chi connectivity index (χ3v) is 1.67. The molecule has 1 aromatic rings. The Labute approximate surface area is 111 Å². The number of rotatable bonds is 3. The Kier molecular flexibility index (Phi) is 5.09. The molecule has 0 aliphatic heterocycles. The molecule has 0 aliphatic rings. The van der Waals surface area contributed by atoms with Crippen LogP contribution in [0.2, 0.25) is 0 Å². The summed E-state index contributed by atoms with van der Waals surface area (Å²) in [4.78, 5) is 30.6. The van der Waals surface area contributed by atoms with Crippen molar-refractivity contribution in [2.24, 2.45) is 0 Å². The second-order valence-electron chi connectivity index (χ2n) is 2.60. The fourth-order valence-electron chi connectivity index (χ4n) is 1.000. The standard InChI is InChI=1S/C8H5NO6.Na.H/c10-7(11)4-1-2-6(9(14)15)5(3-4)8(12)13;;/h1-3H,(H,10,11)(H,12,13);;. The first-order valence-electron chi connectivity index (χ1n) is 3.68. The van der Waals surface area contributed by atoms with Crippen molar-refractivity contribution in [3.63, 3.8) is 0 Å². The summed E-state index contributed by atoms with van der Waals surface area (Å²) in [6.07, 6.45) is 0. The van der Waals surface area contributed by atoms with E-state index in [1.807, 2.05) is 0 Å². The van der Waals surface area contributed by atoms with Gasteiger partial charge in [-0.2, -0.15) is 0 Å². The van der Waals surface area contributed by atoms with E-state index in [4.69, 9.17) is 10.2 Å². The van der Waals surface area contributed by atoms with E-state index in [2.05, 4.69) is 0 Å². The molecule has 0 heterocycles. The second-order valence-corrected chi connectivity index (χ2v) is 2.60. The van der Waals surface area contributed by atoms with Crippen LogP contribution in [0.4, 0.5) is 5.69 Å². The Morgan fingerprint density at radius 3 is 2.12 bits per heavy atom. The summed E-state index contributed by atoms with van der Waals surface area (Å²) in [6.45, 7) is 0. The van der Waals surface area contributed by atoms with E-state index in [1.165, 1.54) is 0 Å². The number of hydrogen-bond acceptors (Lipinski definition) is 4. The van der Waals surface area contributed by atoms with Crippen LogP contribution in [0.3, 0.4) is 0 Å². The van der Waals surface area contributed by atoms with E-state index in [0.29, 0.717) is 0 Å². The van der Waals surface area contributed by atoms with Crippen LogP contribution in [0.15, 0.2) is 18.2 Å². The number of benzene rings is 1. The molecule has 0 fully saturated rings. The third kappa shape index (κ3) is 3.02. The van der Waals surface area contributed by atoms with E-state index in [9.17, 15) is 19.7 Å². The zero-order valence-electron chi connectivity index (χ0n) is 7.21. The van der Waals surface area contributed by atoms with Gasteiger partial charge in [0, 0.05) is 6.07 Å². The van der Waals surface area contributed by atoms with Crippen molar-refractivity contribution in [2.45, 2.75) is 0 Å². The molecule has 0 spiro atoms. The molecule has 0 aliphatic carbocycles. The second kappa shape index (κ2) is 5.59. The van der Waals surface area contributed by atoms with E-state index < -0.39 is 28.1 Å². The number of nitro groups is 1. The van der Waals surface area contributed by atoms with E-state index >= 15 is 0 Å². The van der Waals surface area contributed by atoms with Crippen molar-refractivity contribution in [3.05, 3.63) is 39.4 Å². The Balaban J connectivity index is 0.00000225. The first kappa shape index (κ1) is 14.6. The molecular formula is C8H6NNaO6. The van der Waals surface area contributed by atoms with Gasteiger partial charge in [-0.3, -0.25) is 10.1 Å². The number of carboxylic acids is 2. The van der Waals surface area contributed by atoms with Crippen LogP contribution >= 0.6 is 0 Å². The molecule has 0 unspecified atom stereocenters. The maximum absolute atomic E-state index is 10.6. The van der Waals surface area contributed by atoms with Gasteiger partial charge >= 0.3 is 41.5 Å². The molecule has 8 heteroatoms. The van der Waals surface area contributed by atoms with Gasteiger partial charge in [-0.15, -0.1) is 0 Å². The molecular weight excluding hydrogens is 229 g/mol.